The first kappa shape index (κ1) is 20.7. The molecule has 0 aliphatic heterocycles. The van der Waals surface area contributed by atoms with Gasteiger partial charge in [-0.1, -0.05) is 12.1 Å². The maximum absolute atomic E-state index is 13.0. The van der Waals surface area contributed by atoms with Crippen molar-refractivity contribution in [3.8, 4) is 0 Å². The van der Waals surface area contributed by atoms with Crippen LogP contribution in [0, 0.1) is 5.82 Å². The second kappa shape index (κ2) is 9.92. The molecular weight excluding hydrogens is 369 g/mol. The molecule has 5 nitrogen and oxygen atoms in total. The standard InChI is InChI=1S/C20H23ClFN3O2/c1-25(2)18-10-9-16(24-19(26)4-3-11-21)12-17(18)20(27)23-13-14-5-7-15(22)8-6-14/h5-10,12H,3-4,11,13H2,1-2H3,(H,23,27)(H,24,26). The minimum Gasteiger partial charge on any atom is -0.377 e. The van der Waals surface area contributed by atoms with Crippen molar-refractivity contribution in [1.29, 1.82) is 0 Å². The van der Waals surface area contributed by atoms with Crippen LogP contribution in [0.3, 0.4) is 0 Å². The molecule has 0 spiro atoms. The van der Waals surface area contributed by atoms with E-state index in [1.54, 1.807) is 30.3 Å². The molecule has 2 N–H and O–H groups in total. The minimum absolute atomic E-state index is 0.147. The second-order valence-electron chi connectivity index (χ2n) is 6.28. The van der Waals surface area contributed by atoms with E-state index < -0.39 is 0 Å². The smallest absolute Gasteiger partial charge is 0.253 e. The van der Waals surface area contributed by atoms with Gasteiger partial charge in [-0.2, -0.15) is 0 Å². The summed E-state index contributed by atoms with van der Waals surface area (Å²) >= 11 is 5.61. The molecule has 0 fully saturated rings. The van der Waals surface area contributed by atoms with Crippen molar-refractivity contribution in [1.82, 2.24) is 5.32 Å². The summed E-state index contributed by atoms with van der Waals surface area (Å²) in [5.74, 6) is -0.326. The van der Waals surface area contributed by atoms with Crippen molar-refractivity contribution in [2.75, 3.05) is 30.2 Å². The molecule has 0 unspecified atom stereocenters. The minimum atomic E-state index is -0.322. The van der Waals surface area contributed by atoms with Crippen molar-refractivity contribution in [2.45, 2.75) is 19.4 Å². The summed E-state index contributed by atoms with van der Waals surface area (Å²) in [5, 5.41) is 5.61. The molecule has 0 atom stereocenters. The van der Waals surface area contributed by atoms with Crippen LogP contribution in [0.4, 0.5) is 15.8 Å². The lowest BCUT2D eigenvalue weighted by molar-refractivity contribution is -0.116. The van der Waals surface area contributed by atoms with Gasteiger partial charge in [0.1, 0.15) is 5.82 Å². The lowest BCUT2D eigenvalue weighted by atomic mass is 10.1. The van der Waals surface area contributed by atoms with E-state index in [0.717, 1.165) is 11.3 Å². The molecule has 0 aromatic heterocycles. The van der Waals surface area contributed by atoms with Gasteiger partial charge >= 0.3 is 0 Å². The third kappa shape index (κ3) is 6.25. The number of nitrogens with one attached hydrogen (secondary N) is 2. The van der Waals surface area contributed by atoms with Crippen LogP contribution in [0.15, 0.2) is 42.5 Å². The van der Waals surface area contributed by atoms with E-state index in [2.05, 4.69) is 10.6 Å². The van der Waals surface area contributed by atoms with E-state index in [-0.39, 0.29) is 24.2 Å². The number of anilines is 2. The summed E-state index contributed by atoms with van der Waals surface area (Å²) in [6.45, 7) is 0.276. The first-order chi connectivity index (χ1) is 12.9. The lowest BCUT2D eigenvalue weighted by Crippen LogP contribution is -2.25. The fourth-order valence-corrected chi connectivity index (χ4v) is 2.65. The fourth-order valence-electron chi connectivity index (χ4n) is 2.52. The molecule has 2 rings (SSSR count). The van der Waals surface area contributed by atoms with Gasteiger partial charge in [-0.15, -0.1) is 11.6 Å². The maximum atomic E-state index is 13.0. The van der Waals surface area contributed by atoms with Gasteiger partial charge in [-0.3, -0.25) is 9.59 Å². The molecule has 0 saturated heterocycles. The van der Waals surface area contributed by atoms with E-state index in [1.165, 1.54) is 12.1 Å². The third-order valence-electron chi connectivity index (χ3n) is 3.91. The van der Waals surface area contributed by atoms with Crippen molar-refractivity contribution in [3.63, 3.8) is 0 Å². The van der Waals surface area contributed by atoms with Gasteiger partial charge in [0.2, 0.25) is 5.91 Å². The Morgan fingerprint density at radius 1 is 1.11 bits per heavy atom. The number of rotatable bonds is 8. The monoisotopic (exact) mass is 391 g/mol. The van der Waals surface area contributed by atoms with Crippen molar-refractivity contribution >= 4 is 34.8 Å². The SMILES string of the molecule is CN(C)c1ccc(NC(=O)CCCCl)cc1C(=O)NCc1ccc(F)cc1. The molecular formula is C20H23ClFN3O2. The van der Waals surface area contributed by atoms with Crippen LogP contribution in [0.5, 0.6) is 0 Å². The van der Waals surface area contributed by atoms with Crippen LogP contribution in [-0.4, -0.2) is 31.8 Å². The van der Waals surface area contributed by atoms with Crippen LogP contribution in [-0.2, 0) is 11.3 Å². The van der Waals surface area contributed by atoms with Crippen LogP contribution in [0.2, 0.25) is 0 Å². The van der Waals surface area contributed by atoms with E-state index in [9.17, 15) is 14.0 Å². The summed E-state index contributed by atoms with van der Waals surface area (Å²) < 4.78 is 13.0. The lowest BCUT2D eigenvalue weighted by Gasteiger charge is -2.18. The number of alkyl halides is 1. The Kier molecular flexibility index (Phi) is 7.61. The van der Waals surface area contributed by atoms with Crippen LogP contribution in [0.1, 0.15) is 28.8 Å². The number of nitrogens with zero attached hydrogens (tertiary/aromatic N) is 1. The highest BCUT2D eigenvalue weighted by molar-refractivity contribution is 6.18. The summed E-state index contributed by atoms with van der Waals surface area (Å²) in [5.41, 5.74) is 2.51. The summed E-state index contributed by atoms with van der Waals surface area (Å²) in [7, 11) is 3.68. The van der Waals surface area contributed by atoms with Gasteiger partial charge in [0.15, 0.2) is 0 Å². The topological polar surface area (TPSA) is 61.4 Å². The molecule has 0 aliphatic carbocycles. The molecule has 0 saturated carbocycles. The van der Waals surface area contributed by atoms with E-state index in [0.29, 0.717) is 30.0 Å². The van der Waals surface area contributed by atoms with E-state index in [4.69, 9.17) is 11.6 Å². The van der Waals surface area contributed by atoms with Crippen LogP contribution in [0.25, 0.3) is 0 Å². The van der Waals surface area contributed by atoms with Crippen molar-refractivity contribution < 1.29 is 14.0 Å². The number of carbonyl (C=O) groups is 2. The van der Waals surface area contributed by atoms with Crippen LogP contribution < -0.4 is 15.5 Å². The Hall–Kier alpha value is -2.60. The molecule has 27 heavy (non-hydrogen) atoms. The number of benzene rings is 2. The summed E-state index contributed by atoms with van der Waals surface area (Å²) in [6.07, 6.45) is 0.916. The largest absolute Gasteiger partial charge is 0.377 e. The fraction of sp³-hybridized carbons (Fsp3) is 0.300. The summed E-state index contributed by atoms with van der Waals surface area (Å²) in [6, 6.07) is 11.1. The molecule has 7 heteroatoms. The molecule has 0 bridgehead atoms. The number of hydrogen-bond acceptors (Lipinski definition) is 3. The predicted molar refractivity (Wildman–Crippen MR) is 107 cm³/mol. The molecule has 2 amide bonds. The van der Waals surface area contributed by atoms with Crippen LogP contribution >= 0.6 is 11.6 Å². The van der Waals surface area contributed by atoms with Gasteiger partial charge < -0.3 is 15.5 Å². The first-order valence-electron chi connectivity index (χ1n) is 8.60. The molecule has 0 radical (unpaired) electrons. The van der Waals surface area contributed by atoms with E-state index in [1.807, 2.05) is 19.0 Å². The summed E-state index contributed by atoms with van der Waals surface area (Å²) in [4.78, 5) is 26.4. The zero-order chi connectivity index (χ0) is 19.8. The average molecular weight is 392 g/mol. The zero-order valence-electron chi connectivity index (χ0n) is 15.4. The Balaban J connectivity index is 2.13. The number of hydrogen-bond donors (Lipinski definition) is 2. The molecule has 0 aliphatic rings. The molecule has 144 valence electrons. The Morgan fingerprint density at radius 2 is 1.81 bits per heavy atom. The van der Waals surface area contributed by atoms with Crippen molar-refractivity contribution in [3.05, 3.63) is 59.4 Å². The molecule has 0 heterocycles. The normalized spacial score (nSPS) is 10.4. The number of amides is 2. The molecule has 2 aromatic rings. The Labute approximate surface area is 163 Å². The first-order valence-corrected chi connectivity index (χ1v) is 9.14. The van der Waals surface area contributed by atoms with Gasteiger partial charge in [0.05, 0.1) is 5.56 Å². The quantitative estimate of drug-likeness (QED) is 0.673. The van der Waals surface area contributed by atoms with Gasteiger partial charge in [-0.05, 0) is 42.3 Å². The third-order valence-corrected chi connectivity index (χ3v) is 4.18. The van der Waals surface area contributed by atoms with Gasteiger partial charge in [-0.25, -0.2) is 4.39 Å². The second-order valence-corrected chi connectivity index (χ2v) is 6.65. The van der Waals surface area contributed by atoms with Gasteiger partial charge in [0, 0.05) is 44.3 Å². The van der Waals surface area contributed by atoms with Crippen molar-refractivity contribution in [2.24, 2.45) is 0 Å². The predicted octanol–water partition coefficient (Wildman–Crippen LogP) is 3.78. The Bertz CT molecular complexity index is 794. The number of halogens is 2. The highest BCUT2D eigenvalue weighted by atomic mass is 35.5. The highest BCUT2D eigenvalue weighted by Crippen LogP contribution is 2.23. The highest BCUT2D eigenvalue weighted by Gasteiger charge is 2.15. The number of carbonyl (C=O) groups excluding carboxylic acids is 2. The average Bonchev–Trinajstić information content (AvgIpc) is 2.65. The Morgan fingerprint density at radius 3 is 2.44 bits per heavy atom. The van der Waals surface area contributed by atoms with E-state index >= 15 is 0 Å². The molecule has 2 aromatic carbocycles. The zero-order valence-corrected chi connectivity index (χ0v) is 16.1. The van der Waals surface area contributed by atoms with Gasteiger partial charge in [0.25, 0.3) is 5.91 Å². The maximum Gasteiger partial charge on any atom is 0.253 e.